The molecule has 0 aliphatic heterocycles. The summed E-state index contributed by atoms with van der Waals surface area (Å²) in [6.07, 6.45) is 5.01. The molecule has 2 nitrogen and oxygen atoms in total. The van der Waals surface area contributed by atoms with Crippen molar-refractivity contribution in [1.82, 2.24) is 0 Å². The third-order valence-electron chi connectivity index (χ3n) is 6.44. The van der Waals surface area contributed by atoms with Crippen molar-refractivity contribution in [3.63, 3.8) is 0 Å². The molecule has 5 aromatic carbocycles. The predicted molar refractivity (Wildman–Crippen MR) is 128 cm³/mol. The lowest BCUT2D eigenvalue weighted by Crippen LogP contribution is -2.38. The van der Waals surface area contributed by atoms with E-state index >= 15 is 0 Å². The molecule has 30 heavy (non-hydrogen) atoms. The van der Waals surface area contributed by atoms with Crippen molar-refractivity contribution in [2.75, 3.05) is 5.73 Å². The van der Waals surface area contributed by atoms with Gasteiger partial charge in [-0.05, 0) is 79.7 Å². The lowest BCUT2D eigenvalue weighted by atomic mass is 9.77. The third kappa shape index (κ3) is 2.54. The molecule has 0 radical (unpaired) electrons. The van der Waals surface area contributed by atoms with E-state index in [1.54, 1.807) is 0 Å². The second kappa shape index (κ2) is 6.19. The fraction of sp³-hybridized carbons (Fsp3) is 0.0714. The first-order valence-corrected chi connectivity index (χ1v) is 10.3. The van der Waals surface area contributed by atoms with E-state index in [2.05, 4.69) is 84.9 Å². The summed E-state index contributed by atoms with van der Waals surface area (Å²) in [5.74, 6) is 0. The Morgan fingerprint density at radius 2 is 1.47 bits per heavy atom. The minimum atomic E-state index is -0.567. The first-order valence-electron chi connectivity index (χ1n) is 10.3. The zero-order chi connectivity index (χ0) is 20.3. The predicted octanol–water partition coefficient (Wildman–Crippen LogP) is 6.15. The highest BCUT2D eigenvalue weighted by molar-refractivity contribution is 6.13. The Bertz CT molecular complexity index is 1500. The van der Waals surface area contributed by atoms with Crippen molar-refractivity contribution in [1.29, 1.82) is 0 Å². The standard InChI is InChI=1S/C28H22N2/c29-24-11-10-23-17-28(30,13-12-21(23)15-24)26-7-3-6-18-8-9-22-14-19-4-1-2-5-20(19)16-25(22)27(18)26/h1-16H,17,29-30H2. The Hall–Kier alpha value is -3.62. The molecule has 5 aromatic rings. The Kier molecular flexibility index (Phi) is 3.56. The van der Waals surface area contributed by atoms with Crippen LogP contribution >= 0.6 is 0 Å². The molecule has 6 rings (SSSR count). The Morgan fingerprint density at radius 3 is 2.33 bits per heavy atom. The minimum absolute atomic E-state index is 0.567. The van der Waals surface area contributed by atoms with Crippen LogP contribution in [0.4, 0.5) is 5.69 Å². The number of fused-ring (bicyclic) bond motifs is 5. The smallest absolute Gasteiger partial charge is 0.0646 e. The van der Waals surface area contributed by atoms with Crippen molar-refractivity contribution in [2.45, 2.75) is 12.0 Å². The second-order valence-electron chi connectivity index (χ2n) is 8.40. The maximum Gasteiger partial charge on any atom is 0.0646 e. The summed E-state index contributed by atoms with van der Waals surface area (Å²) in [5.41, 5.74) is 16.8. The van der Waals surface area contributed by atoms with Crippen LogP contribution in [0.1, 0.15) is 16.7 Å². The molecule has 1 aliphatic carbocycles. The molecule has 0 aromatic heterocycles. The molecule has 144 valence electrons. The number of benzene rings is 5. The van der Waals surface area contributed by atoms with Crippen LogP contribution < -0.4 is 11.5 Å². The average molecular weight is 386 g/mol. The van der Waals surface area contributed by atoms with Crippen molar-refractivity contribution in [3.8, 4) is 0 Å². The van der Waals surface area contributed by atoms with Crippen LogP contribution in [-0.2, 0) is 12.0 Å². The molecular weight excluding hydrogens is 364 g/mol. The van der Waals surface area contributed by atoms with Gasteiger partial charge in [0.15, 0.2) is 0 Å². The van der Waals surface area contributed by atoms with Gasteiger partial charge in [0.05, 0.1) is 5.54 Å². The van der Waals surface area contributed by atoms with Crippen LogP contribution in [0.5, 0.6) is 0 Å². The minimum Gasteiger partial charge on any atom is -0.399 e. The van der Waals surface area contributed by atoms with Crippen LogP contribution in [-0.4, -0.2) is 0 Å². The highest BCUT2D eigenvalue weighted by atomic mass is 14.7. The van der Waals surface area contributed by atoms with Gasteiger partial charge in [-0.25, -0.2) is 0 Å². The van der Waals surface area contributed by atoms with E-state index in [0.29, 0.717) is 0 Å². The summed E-state index contributed by atoms with van der Waals surface area (Å²) in [6, 6.07) is 30.1. The molecule has 0 saturated heterocycles. The Labute approximate surface area is 175 Å². The number of hydrogen-bond acceptors (Lipinski definition) is 2. The second-order valence-corrected chi connectivity index (χ2v) is 8.40. The maximum absolute atomic E-state index is 7.08. The zero-order valence-corrected chi connectivity index (χ0v) is 16.6. The van der Waals surface area contributed by atoms with Gasteiger partial charge in [-0.2, -0.15) is 0 Å². The third-order valence-corrected chi connectivity index (χ3v) is 6.44. The van der Waals surface area contributed by atoms with Crippen LogP contribution in [0.25, 0.3) is 38.4 Å². The van der Waals surface area contributed by atoms with Gasteiger partial charge < -0.3 is 11.5 Å². The number of nitrogens with two attached hydrogens (primary N) is 2. The Balaban J connectivity index is 1.64. The maximum atomic E-state index is 7.08. The SMILES string of the molecule is Nc1ccc2c(c1)C=CC(N)(c1cccc3ccc4cc5ccccc5cc4c13)C2. The molecule has 0 bridgehead atoms. The van der Waals surface area contributed by atoms with Crippen molar-refractivity contribution >= 4 is 44.1 Å². The number of hydrogen-bond donors (Lipinski definition) is 2. The van der Waals surface area contributed by atoms with Crippen molar-refractivity contribution < 1.29 is 0 Å². The fourth-order valence-corrected chi connectivity index (χ4v) is 4.92. The molecule has 0 fully saturated rings. The van der Waals surface area contributed by atoms with Gasteiger partial charge in [0.2, 0.25) is 0 Å². The largest absolute Gasteiger partial charge is 0.399 e. The first-order chi connectivity index (χ1) is 14.6. The van der Waals surface area contributed by atoms with Gasteiger partial charge in [0, 0.05) is 5.69 Å². The molecule has 4 N–H and O–H groups in total. The normalized spacial score (nSPS) is 18.2. The molecular formula is C28H22N2. The lowest BCUT2D eigenvalue weighted by molar-refractivity contribution is 0.559. The monoisotopic (exact) mass is 386 g/mol. The lowest BCUT2D eigenvalue weighted by Gasteiger charge is -2.32. The molecule has 0 spiro atoms. The highest BCUT2D eigenvalue weighted by Gasteiger charge is 2.30. The van der Waals surface area contributed by atoms with Crippen molar-refractivity contribution in [2.24, 2.45) is 5.73 Å². The fourth-order valence-electron chi connectivity index (χ4n) is 4.92. The van der Waals surface area contributed by atoms with E-state index in [1.807, 2.05) is 12.1 Å². The van der Waals surface area contributed by atoms with Gasteiger partial charge in [0.25, 0.3) is 0 Å². The number of rotatable bonds is 1. The van der Waals surface area contributed by atoms with E-state index in [-0.39, 0.29) is 0 Å². The average Bonchev–Trinajstić information content (AvgIpc) is 2.77. The van der Waals surface area contributed by atoms with Gasteiger partial charge >= 0.3 is 0 Å². The highest BCUT2D eigenvalue weighted by Crippen LogP contribution is 2.39. The van der Waals surface area contributed by atoms with Crippen LogP contribution in [0.15, 0.2) is 91.0 Å². The first kappa shape index (κ1) is 17.3. The molecule has 1 atom stereocenters. The molecule has 0 amide bonds. The van der Waals surface area contributed by atoms with Gasteiger partial charge in [-0.3, -0.25) is 0 Å². The summed E-state index contributed by atoms with van der Waals surface area (Å²) in [5, 5.41) is 7.46. The summed E-state index contributed by atoms with van der Waals surface area (Å²) in [7, 11) is 0. The van der Waals surface area contributed by atoms with Crippen LogP contribution in [0.2, 0.25) is 0 Å². The Morgan fingerprint density at radius 1 is 0.700 bits per heavy atom. The van der Waals surface area contributed by atoms with E-state index in [9.17, 15) is 0 Å². The molecule has 1 unspecified atom stereocenters. The molecule has 0 saturated carbocycles. The van der Waals surface area contributed by atoms with Crippen LogP contribution in [0, 0.1) is 0 Å². The number of anilines is 1. The quantitative estimate of drug-likeness (QED) is 0.206. The van der Waals surface area contributed by atoms with Gasteiger partial charge in [-0.15, -0.1) is 0 Å². The van der Waals surface area contributed by atoms with E-state index in [1.165, 1.54) is 43.4 Å². The summed E-state index contributed by atoms with van der Waals surface area (Å²) in [4.78, 5) is 0. The zero-order valence-electron chi connectivity index (χ0n) is 16.6. The summed E-state index contributed by atoms with van der Waals surface area (Å²) >= 11 is 0. The summed E-state index contributed by atoms with van der Waals surface area (Å²) in [6.45, 7) is 0. The molecule has 2 heteroatoms. The van der Waals surface area contributed by atoms with Crippen molar-refractivity contribution in [3.05, 3.63) is 108 Å². The van der Waals surface area contributed by atoms with Gasteiger partial charge in [0.1, 0.15) is 0 Å². The van der Waals surface area contributed by atoms with E-state index < -0.39 is 5.54 Å². The topological polar surface area (TPSA) is 52.0 Å². The van der Waals surface area contributed by atoms with E-state index in [0.717, 1.165) is 17.7 Å². The van der Waals surface area contributed by atoms with Crippen LogP contribution in [0.3, 0.4) is 0 Å². The molecule has 1 aliphatic rings. The molecule has 0 heterocycles. The van der Waals surface area contributed by atoms with Gasteiger partial charge in [-0.1, -0.05) is 72.8 Å². The van der Waals surface area contributed by atoms with E-state index in [4.69, 9.17) is 11.5 Å². The summed E-state index contributed by atoms with van der Waals surface area (Å²) < 4.78 is 0. The number of nitrogen functional groups attached to an aromatic ring is 1.